The van der Waals surface area contributed by atoms with Gasteiger partial charge in [0.1, 0.15) is 5.82 Å². The number of ether oxygens (including phenoxy) is 2. The van der Waals surface area contributed by atoms with Crippen LogP contribution in [-0.2, 0) is 16.4 Å². The van der Waals surface area contributed by atoms with Crippen molar-refractivity contribution in [3.63, 3.8) is 0 Å². The summed E-state index contributed by atoms with van der Waals surface area (Å²) in [6, 6.07) is 9.81. The van der Waals surface area contributed by atoms with Gasteiger partial charge < -0.3 is 19.7 Å². The summed E-state index contributed by atoms with van der Waals surface area (Å²) < 4.78 is 49.3. The van der Waals surface area contributed by atoms with Gasteiger partial charge in [0, 0.05) is 19.6 Å². The van der Waals surface area contributed by atoms with Crippen LogP contribution in [0.2, 0.25) is 0 Å². The van der Waals surface area contributed by atoms with Crippen molar-refractivity contribution in [1.82, 2.24) is 10.2 Å². The first kappa shape index (κ1) is 21.9. The normalized spacial score (nSPS) is 16.8. The number of urea groups is 1. The van der Waals surface area contributed by atoms with E-state index in [1.165, 1.54) is 24.1 Å². The zero-order chi connectivity index (χ0) is 21.7. The fourth-order valence-corrected chi connectivity index (χ4v) is 5.23. The van der Waals surface area contributed by atoms with Gasteiger partial charge in [-0.1, -0.05) is 6.07 Å². The van der Waals surface area contributed by atoms with Crippen molar-refractivity contribution in [2.75, 3.05) is 27.3 Å². The molecule has 1 N–H and O–H groups in total. The van der Waals surface area contributed by atoms with Gasteiger partial charge in [0.15, 0.2) is 21.3 Å². The third-order valence-corrected chi connectivity index (χ3v) is 7.33. The van der Waals surface area contributed by atoms with Crippen molar-refractivity contribution in [2.24, 2.45) is 0 Å². The van der Waals surface area contributed by atoms with E-state index in [2.05, 4.69) is 5.32 Å². The number of hydrogen-bond acceptors (Lipinski definition) is 5. The highest BCUT2D eigenvalue weighted by atomic mass is 32.2. The molecule has 1 atom stereocenters. The molecule has 1 heterocycles. The van der Waals surface area contributed by atoms with E-state index >= 15 is 0 Å². The average molecular weight is 437 g/mol. The fourth-order valence-electron chi connectivity index (χ4n) is 3.47. The van der Waals surface area contributed by atoms with Crippen LogP contribution in [0, 0.1) is 5.82 Å². The molecule has 2 aromatic carbocycles. The van der Waals surface area contributed by atoms with Gasteiger partial charge in [-0.25, -0.2) is 17.6 Å². The van der Waals surface area contributed by atoms with Crippen molar-refractivity contribution in [3.05, 3.63) is 53.8 Å². The lowest BCUT2D eigenvalue weighted by Gasteiger charge is -2.32. The van der Waals surface area contributed by atoms with E-state index in [0.29, 0.717) is 30.9 Å². The standard InChI is InChI=1S/C21H25FN2O5S/c1-28-19-10-5-15(12-20(19)29-2)13-23-21(25)24-11-3-4-18(14-24)30(26,27)17-8-6-16(22)7-9-17/h5-10,12,18H,3-4,11,13-14H2,1-2H3,(H,23,25)/t18-/m1/s1. The number of halogens is 1. The Hall–Kier alpha value is -2.81. The van der Waals surface area contributed by atoms with E-state index < -0.39 is 20.9 Å². The Labute approximate surface area is 175 Å². The van der Waals surface area contributed by atoms with Gasteiger partial charge in [-0.05, 0) is 54.8 Å². The zero-order valence-electron chi connectivity index (χ0n) is 16.9. The molecule has 7 nitrogen and oxygen atoms in total. The molecule has 0 unspecified atom stereocenters. The number of likely N-dealkylation sites (tertiary alicyclic amines) is 1. The van der Waals surface area contributed by atoms with E-state index in [9.17, 15) is 17.6 Å². The van der Waals surface area contributed by atoms with E-state index in [0.717, 1.165) is 17.7 Å². The number of carbonyl (C=O) groups is 1. The Morgan fingerprint density at radius 2 is 1.83 bits per heavy atom. The van der Waals surface area contributed by atoms with Crippen LogP contribution in [0.4, 0.5) is 9.18 Å². The lowest BCUT2D eigenvalue weighted by atomic mass is 10.1. The number of piperidine rings is 1. The molecular formula is C21H25FN2O5S. The first-order valence-corrected chi connectivity index (χ1v) is 11.1. The second-order valence-corrected chi connectivity index (χ2v) is 9.29. The Kier molecular flexibility index (Phi) is 6.81. The second-order valence-electron chi connectivity index (χ2n) is 7.06. The number of methoxy groups -OCH3 is 2. The summed E-state index contributed by atoms with van der Waals surface area (Å²) in [4.78, 5) is 14.2. The molecule has 162 valence electrons. The predicted molar refractivity (Wildman–Crippen MR) is 110 cm³/mol. The number of hydrogen-bond donors (Lipinski definition) is 1. The molecule has 1 fully saturated rings. The van der Waals surface area contributed by atoms with Crippen LogP contribution in [0.15, 0.2) is 47.4 Å². The minimum Gasteiger partial charge on any atom is -0.493 e. The Morgan fingerprint density at radius 1 is 1.13 bits per heavy atom. The molecule has 2 amide bonds. The molecule has 1 saturated heterocycles. The van der Waals surface area contributed by atoms with E-state index in [-0.39, 0.29) is 24.0 Å². The molecule has 0 aromatic heterocycles. The van der Waals surface area contributed by atoms with Crippen LogP contribution >= 0.6 is 0 Å². The van der Waals surface area contributed by atoms with Gasteiger partial charge in [-0.2, -0.15) is 0 Å². The lowest BCUT2D eigenvalue weighted by molar-refractivity contribution is 0.186. The Balaban J connectivity index is 1.64. The third-order valence-electron chi connectivity index (χ3n) is 5.14. The zero-order valence-corrected chi connectivity index (χ0v) is 17.7. The predicted octanol–water partition coefficient (Wildman–Crippen LogP) is 2.99. The smallest absolute Gasteiger partial charge is 0.317 e. The van der Waals surface area contributed by atoms with E-state index in [1.807, 2.05) is 6.07 Å². The van der Waals surface area contributed by atoms with Crippen LogP contribution in [0.5, 0.6) is 11.5 Å². The third kappa shape index (κ3) is 4.84. The molecule has 30 heavy (non-hydrogen) atoms. The maximum Gasteiger partial charge on any atom is 0.317 e. The molecule has 0 bridgehead atoms. The fraction of sp³-hybridized carbons (Fsp3) is 0.381. The second kappa shape index (κ2) is 9.34. The summed E-state index contributed by atoms with van der Waals surface area (Å²) in [7, 11) is -0.563. The number of nitrogens with zero attached hydrogens (tertiary/aromatic N) is 1. The van der Waals surface area contributed by atoms with Crippen molar-refractivity contribution in [3.8, 4) is 11.5 Å². The number of nitrogens with one attached hydrogen (secondary N) is 1. The maximum atomic E-state index is 13.1. The quantitative estimate of drug-likeness (QED) is 0.704. The largest absolute Gasteiger partial charge is 0.493 e. The summed E-state index contributed by atoms with van der Waals surface area (Å²) in [6.07, 6.45) is 1.04. The summed E-state index contributed by atoms with van der Waals surface area (Å²) in [5, 5.41) is 2.10. The van der Waals surface area contributed by atoms with Crippen LogP contribution in [0.3, 0.4) is 0 Å². The van der Waals surface area contributed by atoms with Gasteiger partial charge in [0.2, 0.25) is 0 Å². The summed E-state index contributed by atoms with van der Waals surface area (Å²) in [5.74, 6) is 0.666. The first-order chi connectivity index (χ1) is 14.3. The SMILES string of the molecule is COc1ccc(CNC(=O)N2CCC[C@@H](S(=O)(=O)c3ccc(F)cc3)C2)cc1OC. The molecule has 1 aliphatic rings. The number of carbonyl (C=O) groups excluding carboxylic acids is 1. The molecule has 0 saturated carbocycles. The summed E-state index contributed by atoms with van der Waals surface area (Å²) in [6.45, 7) is 0.843. The highest BCUT2D eigenvalue weighted by Crippen LogP contribution is 2.28. The summed E-state index contributed by atoms with van der Waals surface area (Å²) >= 11 is 0. The first-order valence-electron chi connectivity index (χ1n) is 9.58. The Morgan fingerprint density at radius 3 is 2.50 bits per heavy atom. The van der Waals surface area contributed by atoms with Crippen LogP contribution in [-0.4, -0.2) is 51.9 Å². The maximum absolute atomic E-state index is 13.1. The molecule has 0 spiro atoms. The average Bonchev–Trinajstić information content (AvgIpc) is 2.77. The minimum absolute atomic E-state index is 0.0708. The van der Waals surface area contributed by atoms with Crippen LogP contribution in [0.1, 0.15) is 18.4 Å². The van der Waals surface area contributed by atoms with E-state index in [1.54, 1.807) is 19.2 Å². The van der Waals surface area contributed by atoms with Crippen molar-refractivity contribution >= 4 is 15.9 Å². The van der Waals surface area contributed by atoms with Crippen molar-refractivity contribution < 1.29 is 27.1 Å². The van der Waals surface area contributed by atoms with Gasteiger partial charge in [0.05, 0.1) is 24.4 Å². The molecule has 0 aliphatic carbocycles. The molecule has 9 heteroatoms. The van der Waals surface area contributed by atoms with Crippen molar-refractivity contribution in [1.29, 1.82) is 0 Å². The monoisotopic (exact) mass is 436 g/mol. The van der Waals surface area contributed by atoms with Gasteiger partial charge in [-0.3, -0.25) is 0 Å². The summed E-state index contributed by atoms with van der Waals surface area (Å²) in [5.41, 5.74) is 0.827. The van der Waals surface area contributed by atoms with Gasteiger partial charge >= 0.3 is 6.03 Å². The van der Waals surface area contributed by atoms with Crippen LogP contribution < -0.4 is 14.8 Å². The van der Waals surface area contributed by atoms with E-state index in [4.69, 9.17) is 9.47 Å². The number of sulfone groups is 1. The molecular weight excluding hydrogens is 411 g/mol. The lowest BCUT2D eigenvalue weighted by Crippen LogP contribution is -2.48. The van der Waals surface area contributed by atoms with Crippen molar-refractivity contribution in [2.45, 2.75) is 29.5 Å². The highest BCUT2D eigenvalue weighted by molar-refractivity contribution is 7.92. The van der Waals surface area contributed by atoms with Gasteiger partial charge in [0.25, 0.3) is 0 Å². The molecule has 0 radical (unpaired) electrons. The number of amides is 2. The highest BCUT2D eigenvalue weighted by Gasteiger charge is 2.33. The molecule has 2 aromatic rings. The minimum atomic E-state index is -3.65. The number of rotatable bonds is 6. The molecule has 3 rings (SSSR count). The Bertz CT molecular complexity index is 995. The van der Waals surface area contributed by atoms with Gasteiger partial charge in [-0.15, -0.1) is 0 Å². The topological polar surface area (TPSA) is 84.9 Å². The van der Waals surface area contributed by atoms with Crippen LogP contribution in [0.25, 0.3) is 0 Å². The molecule has 1 aliphatic heterocycles. The number of benzene rings is 2.